The maximum Gasteiger partial charge on any atom is 0.337 e. The van der Waals surface area contributed by atoms with Crippen LogP contribution in [0.2, 0.25) is 10.0 Å². The van der Waals surface area contributed by atoms with Crippen LogP contribution in [-0.4, -0.2) is 30.3 Å². The van der Waals surface area contributed by atoms with Gasteiger partial charge >= 0.3 is 5.97 Å². The van der Waals surface area contributed by atoms with Crippen molar-refractivity contribution >= 4 is 34.9 Å². The molecule has 0 atom stereocenters. The molecule has 2 N–H and O–H groups in total. The average molecular weight is 262 g/mol. The van der Waals surface area contributed by atoms with Crippen molar-refractivity contribution in [3.63, 3.8) is 0 Å². The number of hydrogen-bond donors (Lipinski definition) is 2. The van der Waals surface area contributed by atoms with Crippen LogP contribution in [0.3, 0.4) is 0 Å². The number of benzene rings is 1. The van der Waals surface area contributed by atoms with E-state index in [0.717, 1.165) is 0 Å². The van der Waals surface area contributed by atoms with Gasteiger partial charge < -0.3 is 15.2 Å². The second-order valence-corrected chi connectivity index (χ2v) is 4.31. The van der Waals surface area contributed by atoms with Crippen molar-refractivity contribution in [3.8, 4) is 0 Å². The van der Waals surface area contributed by atoms with Crippen molar-refractivity contribution in [3.05, 3.63) is 27.7 Å². The Bertz CT molecular complexity index is 432. The van der Waals surface area contributed by atoms with Crippen LogP contribution >= 0.6 is 23.2 Å². The summed E-state index contributed by atoms with van der Waals surface area (Å²) >= 11 is 11.7. The molecule has 1 heterocycles. The van der Waals surface area contributed by atoms with Crippen molar-refractivity contribution in [2.75, 3.05) is 18.5 Å². The van der Waals surface area contributed by atoms with E-state index in [1.54, 1.807) is 0 Å². The van der Waals surface area contributed by atoms with Gasteiger partial charge in [0.05, 0.1) is 40.6 Å². The molecule has 1 aromatic carbocycles. The second-order valence-electron chi connectivity index (χ2n) is 3.50. The molecule has 1 fully saturated rings. The quantitative estimate of drug-likeness (QED) is 0.878. The van der Waals surface area contributed by atoms with Gasteiger partial charge in [0.15, 0.2) is 0 Å². The summed E-state index contributed by atoms with van der Waals surface area (Å²) in [6, 6.07) is 3.04. The summed E-state index contributed by atoms with van der Waals surface area (Å²) in [6.45, 7) is 1.20. The van der Waals surface area contributed by atoms with Crippen LogP contribution in [0.15, 0.2) is 12.1 Å². The molecule has 1 aliphatic rings. The zero-order chi connectivity index (χ0) is 11.7. The van der Waals surface area contributed by atoms with Crippen LogP contribution in [0.1, 0.15) is 10.4 Å². The number of halogens is 2. The summed E-state index contributed by atoms with van der Waals surface area (Å²) < 4.78 is 5.00. The summed E-state index contributed by atoms with van der Waals surface area (Å²) in [6.07, 6.45) is 0. The minimum atomic E-state index is -1.07. The molecule has 0 saturated carbocycles. The second kappa shape index (κ2) is 4.49. The molecule has 0 bridgehead atoms. The Balaban J connectivity index is 2.28. The topological polar surface area (TPSA) is 58.6 Å². The van der Waals surface area contributed by atoms with E-state index in [1.165, 1.54) is 12.1 Å². The first-order valence-electron chi connectivity index (χ1n) is 4.64. The summed E-state index contributed by atoms with van der Waals surface area (Å²) in [5.74, 6) is -1.07. The van der Waals surface area contributed by atoms with Crippen LogP contribution in [0.5, 0.6) is 0 Å². The van der Waals surface area contributed by atoms with E-state index in [2.05, 4.69) is 5.32 Å². The number of carboxylic acid groups (broad SMARTS) is 1. The fourth-order valence-corrected chi connectivity index (χ4v) is 1.88. The molecule has 16 heavy (non-hydrogen) atoms. The molecule has 4 nitrogen and oxygen atoms in total. The summed E-state index contributed by atoms with van der Waals surface area (Å²) in [7, 11) is 0. The lowest BCUT2D eigenvalue weighted by molar-refractivity contribution is 0.0211. The van der Waals surface area contributed by atoms with Crippen LogP contribution in [0.4, 0.5) is 5.69 Å². The maximum atomic E-state index is 10.9. The van der Waals surface area contributed by atoms with Gasteiger partial charge in [0.2, 0.25) is 0 Å². The van der Waals surface area contributed by atoms with E-state index in [-0.39, 0.29) is 16.6 Å². The number of anilines is 1. The zero-order valence-electron chi connectivity index (χ0n) is 8.17. The van der Waals surface area contributed by atoms with Crippen LogP contribution < -0.4 is 5.32 Å². The normalized spacial score (nSPS) is 15.6. The largest absolute Gasteiger partial charge is 0.478 e. The third kappa shape index (κ3) is 2.24. The molecule has 1 saturated heterocycles. The number of carbonyl (C=O) groups is 1. The highest BCUT2D eigenvalue weighted by Crippen LogP contribution is 2.30. The Morgan fingerprint density at radius 3 is 2.56 bits per heavy atom. The van der Waals surface area contributed by atoms with Crippen LogP contribution in [0, 0.1) is 0 Å². The molecular weight excluding hydrogens is 253 g/mol. The monoisotopic (exact) mass is 261 g/mol. The minimum absolute atomic E-state index is 0.0359. The summed E-state index contributed by atoms with van der Waals surface area (Å²) in [4.78, 5) is 10.9. The van der Waals surface area contributed by atoms with Gasteiger partial charge in [0.1, 0.15) is 0 Å². The molecule has 2 rings (SSSR count). The summed E-state index contributed by atoms with van der Waals surface area (Å²) in [5, 5.41) is 12.5. The van der Waals surface area contributed by atoms with Crippen molar-refractivity contribution < 1.29 is 14.6 Å². The van der Waals surface area contributed by atoms with Gasteiger partial charge in [-0.2, -0.15) is 0 Å². The molecule has 86 valence electrons. The zero-order valence-corrected chi connectivity index (χ0v) is 9.68. The molecule has 0 spiro atoms. The first-order valence-corrected chi connectivity index (χ1v) is 5.40. The lowest BCUT2D eigenvalue weighted by Crippen LogP contribution is -2.40. The van der Waals surface area contributed by atoms with Gasteiger partial charge in [-0.25, -0.2) is 4.79 Å². The van der Waals surface area contributed by atoms with E-state index in [4.69, 9.17) is 33.0 Å². The number of carboxylic acids is 1. The third-order valence-electron chi connectivity index (χ3n) is 2.28. The maximum absolute atomic E-state index is 10.9. The summed E-state index contributed by atoms with van der Waals surface area (Å²) in [5.41, 5.74) is 0.602. The average Bonchev–Trinajstić information content (AvgIpc) is 2.13. The SMILES string of the molecule is O=C(O)c1cc(NC2COC2)c(Cl)cc1Cl. The Hall–Kier alpha value is -0.970. The molecule has 0 unspecified atom stereocenters. The standard InChI is InChI=1S/C10H9Cl2NO3/c11-7-2-8(12)9(1-6(7)10(14)15)13-5-3-16-4-5/h1-2,5,13H,3-4H2,(H,14,15). The molecule has 0 amide bonds. The number of hydrogen-bond acceptors (Lipinski definition) is 3. The molecule has 0 aliphatic carbocycles. The number of aromatic carboxylic acids is 1. The highest BCUT2D eigenvalue weighted by Gasteiger charge is 2.20. The van der Waals surface area contributed by atoms with Gasteiger partial charge in [-0.05, 0) is 12.1 Å². The van der Waals surface area contributed by atoms with Gasteiger partial charge in [-0.15, -0.1) is 0 Å². The van der Waals surface area contributed by atoms with E-state index < -0.39 is 5.97 Å². The predicted molar refractivity (Wildman–Crippen MR) is 61.7 cm³/mol. The van der Waals surface area contributed by atoms with Gasteiger partial charge in [0.25, 0.3) is 0 Å². The van der Waals surface area contributed by atoms with Crippen LogP contribution in [0.25, 0.3) is 0 Å². The predicted octanol–water partition coefficient (Wildman–Crippen LogP) is 2.50. The highest BCUT2D eigenvalue weighted by atomic mass is 35.5. The smallest absolute Gasteiger partial charge is 0.337 e. The molecule has 6 heteroatoms. The lowest BCUT2D eigenvalue weighted by Gasteiger charge is -2.28. The van der Waals surface area contributed by atoms with Crippen molar-refractivity contribution in [1.29, 1.82) is 0 Å². The Labute approximate surface area is 102 Å². The number of rotatable bonds is 3. The van der Waals surface area contributed by atoms with E-state index in [0.29, 0.717) is 23.9 Å². The van der Waals surface area contributed by atoms with E-state index >= 15 is 0 Å². The number of ether oxygens (including phenoxy) is 1. The molecule has 1 aromatic rings. The third-order valence-corrected chi connectivity index (χ3v) is 2.91. The Morgan fingerprint density at radius 1 is 1.38 bits per heavy atom. The van der Waals surface area contributed by atoms with E-state index in [9.17, 15) is 4.79 Å². The van der Waals surface area contributed by atoms with Crippen molar-refractivity contribution in [2.24, 2.45) is 0 Å². The Kier molecular flexibility index (Phi) is 3.23. The molecule has 0 radical (unpaired) electrons. The fraction of sp³-hybridized carbons (Fsp3) is 0.300. The van der Waals surface area contributed by atoms with Crippen LogP contribution in [-0.2, 0) is 4.74 Å². The van der Waals surface area contributed by atoms with Gasteiger partial charge in [-0.1, -0.05) is 23.2 Å². The minimum Gasteiger partial charge on any atom is -0.478 e. The van der Waals surface area contributed by atoms with Crippen molar-refractivity contribution in [2.45, 2.75) is 6.04 Å². The highest BCUT2D eigenvalue weighted by molar-refractivity contribution is 6.38. The first-order chi connectivity index (χ1) is 7.58. The molecular formula is C10H9Cl2NO3. The molecule has 1 aliphatic heterocycles. The Morgan fingerprint density at radius 2 is 2.06 bits per heavy atom. The lowest BCUT2D eigenvalue weighted by atomic mass is 10.1. The van der Waals surface area contributed by atoms with E-state index in [1.807, 2.05) is 0 Å². The van der Waals surface area contributed by atoms with Crippen molar-refractivity contribution in [1.82, 2.24) is 0 Å². The first kappa shape index (κ1) is 11.5. The van der Waals surface area contributed by atoms with Gasteiger partial charge in [-0.3, -0.25) is 0 Å². The number of nitrogens with one attached hydrogen (secondary N) is 1. The molecule has 0 aromatic heterocycles. The van der Waals surface area contributed by atoms with Gasteiger partial charge in [0, 0.05) is 0 Å². The fourth-order valence-electron chi connectivity index (χ4n) is 1.36.